The van der Waals surface area contributed by atoms with Gasteiger partial charge in [-0.1, -0.05) is 11.6 Å². The number of amidine groups is 1. The molecule has 2 aliphatic heterocycles. The molecular formula is C25H27F2N5O2. The van der Waals surface area contributed by atoms with Crippen LogP contribution in [0.5, 0.6) is 11.8 Å². The molecule has 178 valence electrons. The second-order valence-electron chi connectivity index (χ2n) is 9.16. The zero-order valence-corrected chi connectivity index (χ0v) is 19.2. The van der Waals surface area contributed by atoms with Gasteiger partial charge in [0.25, 0.3) is 0 Å². The fourth-order valence-corrected chi connectivity index (χ4v) is 4.51. The van der Waals surface area contributed by atoms with E-state index in [4.69, 9.17) is 4.74 Å². The van der Waals surface area contributed by atoms with Gasteiger partial charge in [0.2, 0.25) is 0 Å². The maximum atomic E-state index is 15.2. The molecule has 7 nitrogen and oxygen atoms in total. The van der Waals surface area contributed by atoms with Crippen LogP contribution in [0.25, 0.3) is 6.08 Å². The molecule has 0 bridgehead atoms. The van der Waals surface area contributed by atoms with Gasteiger partial charge in [-0.25, -0.2) is 8.78 Å². The van der Waals surface area contributed by atoms with E-state index >= 15 is 4.39 Å². The van der Waals surface area contributed by atoms with E-state index in [-0.39, 0.29) is 29.8 Å². The molecule has 9 heteroatoms. The van der Waals surface area contributed by atoms with E-state index in [1.54, 1.807) is 12.1 Å². The number of nitrogens with zero attached hydrogens (tertiary/aromatic N) is 4. The number of aliphatic hydroxyl groups excluding tert-OH is 1. The number of benzene rings is 1. The number of hydrogen-bond donors (Lipinski definition) is 2. The summed E-state index contributed by atoms with van der Waals surface area (Å²) >= 11 is 0. The Hall–Kier alpha value is -3.33. The highest BCUT2D eigenvalue weighted by Gasteiger charge is 2.25. The molecule has 5 rings (SSSR count). The SMILES string of the molecule is CC1=CC(Nc2cc(N3CCC(CO)CC3)nc(Oc3cc(F)c4c(c3F)C=C(C)C4)n2)=NC1. The van der Waals surface area contributed by atoms with Crippen LogP contribution in [0.1, 0.15) is 37.8 Å². The summed E-state index contributed by atoms with van der Waals surface area (Å²) in [5.41, 5.74) is 2.57. The molecule has 3 aliphatic rings. The Morgan fingerprint density at radius 2 is 1.91 bits per heavy atom. The van der Waals surface area contributed by atoms with E-state index in [9.17, 15) is 9.50 Å². The second-order valence-corrected chi connectivity index (χ2v) is 9.16. The minimum atomic E-state index is -0.626. The van der Waals surface area contributed by atoms with Gasteiger partial charge in [-0.15, -0.1) is 0 Å². The first-order valence-corrected chi connectivity index (χ1v) is 11.5. The summed E-state index contributed by atoms with van der Waals surface area (Å²) in [7, 11) is 0. The lowest BCUT2D eigenvalue weighted by Gasteiger charge is -2.32. The summed E-state index contributed by atoms with van der Waals surface area (Å²) < 4.78 is 35.5. The Balaban J connectivity index is 1.47. The zero-order chi connectivity index (χ0) is 23.8. The van der Waals surface area contributed by atoms with Crippen molar-refractivity contribution in [3.63, 3.8) is 0 Å². The van der Waals surface area contributed by atoms with E-state index in [1.165, 1.54) is 0 Å². The fraction of sp³-hybridized carbons (Fsp3) is 0.400. The van der Waals surface area contributed by atoms with Crippen LogP contribution in [0.2, 0.25) is 0 Å². The minimum absolute atomic E-state index is 0.0828. The molecule has 0 atom stereocenters. The monoisotopic (exact) mass is 467 g/mol. The van der Waals surface area contributed by atoms with Crippen molar-refractivity contribution in [3.8, 4) is 11.8 Å². The van der Waals surface area contributed by atoms with Crippen LogP contribution in [0.4, 0.5) is 20.4 Å². The van der Waals surface area contributed by atoms with Gasteiger partial charge in [0.1, 0.15) is 23.3 Å². The van der Waals surface area contributed by atoms with Crippen molar-refractivity contribution >= 4 is 23.5 Å². The summed E-state index contributed by atoms with van der Waals surface area (Å²) in [6.45, 7) is 6.04. The van der Waals surface area contributed by atoms with E-state index in [0.29, 0.717) is 49.1 Å². The number of anilines is 2. The molecule has 1 aliphatic carbocycles. The summed E-state index contributed by atoms with van der Waals surface area (Å²) in [5.74, 6) is 0.612. The Morgan fingerprint density at radius 1 is 1.12 bits per heavy atom. The third kappa shape index (κ3) is 4.52. The van der Waals surface area contributed by atoms with E-state index in [2.05, 4.69) is 25.2 Å². The molecule has 0 unspecified atom stereocenters. The van der Waals surface area contributed by atoms with Gasteiger partial charge in [0.05, 0.1) is 6.54 Å². The van der Waals surface area contributed by atoms with Gasteiger partial charge in [-0.2, -0.15) is 9.97 Å². The predicted molar refractivity (Wildman–Crippen MR) is 128 cm³/mol. The summed E-state index contributed by atoms with van der Waals surface area (Å²) in [6.07, 6.45) is 5.63. The number of allylic oxidation sites excluding steroid dienone is 1. The van der Waals surface area contributed by atoms with Crippen molar-refractivity contribution < 1.29 is 18.6 Å². The number of aromatic nitrogens is 2. The molecule has 1 aromatic heterocycles. The van der Waals surface area contributed by atoms with Crippen molar-refractivity contribution in [1.82, 2.24) is 9.97 Å². The van der Waals surface area contributed by atoms with E-state index in [1.807, 2.05) is 19.9 Å². The molecule has 0 amide bonds. The number of piperidine rings is 1. The normalized spacial score (nSPS) is 17.9. The van der Waals surface area contributed by atoms with Crippen LogP contribution in [-0.4, -0.2) is 47.2 Å². The van der Waals surface area contributed by atoms with Crippen LogP contribution in [-0.2, 0) is 6.42 Å². The first-order valence-electron chi connectivity index (χ1n) is 11.5. The predicted octanol–water partition coefficient (Wildman–Crippen LogP) is 4.49. The van der Waals surface area contributed by atoms with Gasteiger partial charge >= 0.3 is 6.01 Å². The maximum absolute atomic E-state index is 15.2. The number of fused-ring (bicyclic) bond motifs is 1. The number of nitrogens with one attached hydrogen (secondary N) is 1. The van der Waals surface area contributed by atoms with Gasteiger partial charge in [0.15, 0.2) is 11.6 Å². The Bertz CT molecular complexity index is 1220. The largest absolute Gasteiger partial charge is 0.421 e. The smallest absolute Gasteiger partial charge is 0.326 e. The third-order valence-electron chi connectivity index (χ3n) is 6.40. The molecule has 0 radical (unpaired) electrons. The molecule has 3 heterocycles. The fourth-order valence-electron chi connectivity index (χ4n) is 4.51. The van der Waals surface area contributed by atoms with Gasteiger partial charge in [-0.3, -0.25) is 4.99 Å². The van der Waals surface area contributed by atoms with Crippen LogP contribution in [0.3, 0.4) is 0 Å². The van der Waals surface area contributed by atoms with Crippen molar-refractivity contribution in [2.45, 2.75) is 33.1 Å². The quantitative estimate of drug-likeness (QED) is 0.675. The van der Waals surface area contributed by atoms with Crippen molar-refractivity contribution in [2.75, 3.05) is 36.5 Å². The molecule has 0 saturated carbocycles. The van der Waals surface area contributed by atoms with Crippen LogP contribution < -0.4 is 15.0 Å². The Kier molecular flexibility index (Phi) is 6.03. The van der Waals surface area contributed by atoms with E-state index < -0.39 is 11.6 Å². The minimum Gasteiger partial charge on any atom is -0.421 e. The molecule has 1 aromatic carbocycles. The summed E-state index contributed by atoms with van der Waals surface area (Å²) in [6, 6.07) is 2.77. The summed E-state index contributed by atoms with van der Waals surface area (Å²) in [4.78, 5) is 15.4. The first-order chi connectivity index (χ1) is 16.4. The molecular weight excluding hydrogens is 440 g/mol. The number of aliphatic hydroxyl groups is 1. The van der Waals surface area contributed by atoms with Crippen LogP contribution in [0, 0.1) is 17.6 Å². The van der Waals surface area contributed by atoms with Crippen molar-refractivity contribution in [1.29, 1.82) is 0 Å². The van der Waals surface area contributed by atoms with Crippen molar-refractivity contribution in [2.24, 2.45) is 10.9 Å². The molecule has 0 spiro atoms. The third-order valence-corrected chi connectivity index (χ3v) is 6.40. The lowest BCUT2D eigenvalue weighted by atomic mass is 9.98. The lowest BCUT2D eigenvalue weighted by Crippen LogP contribution is -2.35. The van der Waals surface area contributed by atoms with E-state index in [0.717, 1.165) is 30.1 Å². The topological polar surface area (TPSA) is 82.9 Å². The van der Waals surface area contributed by atoms with Gasteiger partial charge in [-0.05, 0) is 50.7 Å². The molecule has 2 aromatic rings. The maximum Gasteiger partial charge on any atom is 0.326 e. The second kappa shape index (κ2) is 9.13. The Morgan fingerprint density at radius 3 is 2.62 bits per heavy atom. The number of hydrogen-bond acceptors (Lipinski definition) is 7. The molecule has 1 fully saturated rings. The van der Waals surface area contributed by atoms with Crippen molar-refractivity contribution in [3.05, 3.63) is 52.1 Å². The molecule has 2 N–H and O–H groups in total. The standard InChI is InChI=1S/C25H27F2N5O2/c1-14-7-17-18(8-14)24(27)20(10-19(17)26)34-25-30-22(29-21-9-15(2)12-28-21)11-23(31-25)32-5-3-16(13-33)4-6-32/h8-11,16,33H,3-7,12-13H2,1-2H3,(H,28,29,30,31). The number of aliphatic imine (C=N–C) groups is 1. The Labute approximate surface area is 196 Å². The zero-order valence-electron chi connectivity index (χ0n) is 19.2. The van der Waals surface area contributed by atoms with Gasteiger partial charge < -0.3 is 20.1 Å². The number of rotatable bonds is 5. The number of ether oxygens (including phenoxy) is 1. The summed E-state index contributed by atoms with van der Waals surface area (Å²) in [5, 5.41) is 12.6. The first kappa shape index (κ1) is 22.5. The molecule has 1 saturated heterocycles. The van der Waals surface area contributed by atoms with Crippen LogP contribution >= 0.6 is 0 Å². The highest BCUT2D eigenvalue weighted by atomic mass is 19.1. The molecule has 34 heavy (non-hydrogen) atoms. The average Bonchev–Trinajstić information content (AvgIpc) is 3.42. The average molecular weight is 468 g/mol. The highest BCUT2D eigenvalue weighted by Crippen LogP contribution is 2.36. The highest BCUT2D eigenvalue weighted by molar-refractivity contribution is 6.05. The van der Waals surface area contributed by atoms with Crippen LogP contribution in [0.15, 0.2) is 34.3 Å². The lowest BCUT2D eigenvalue weighted by molar-refractivity contribution is 0.202. The van der Waals surface area contributed by atoms with Gasteiger partial charge in [0, 0.05) is 43.0 Å². The number of halogens is 2.